The lowest BCUT2D eigenvalue weighted by atomic mass is 10.0. The Labute approximate surface area is 84.0 Å². The molecule has 0 saturated heterocycles. The summed E-state index contributed by atoms with van der Waals surface area (Å²) in [5.41, 5.74) is 5.46. The quantitative estimate of drug-likeness (QED) is 0.221. The first-order chi connectivity index (χ1) is 6.69. The highest BCUT2D eigenvalue weighted by atomic mass is 16.4. The molecule has 1 saturated carbocycles. The van der Waals surface area contributed by atoms with Gasteiger partial charge in [-0.05, 0) is 25.7 Å². The van der Waals surface area contributed by atoms with Gasteiger partial charge < -0.3 is 21.4 Å². The Morgan fingerprint density at radius 2 is 2.36 bits per heavy atom. The van der Waals surface area contributed by atoms with E-state index in [1.165, 1.54) is 0 Å². The first kappa shape index (κ1) is 11.3. The van der Waals surface area contributed by atoms with Gasteiger partial charge in [0.1, 0.15) is 0 Å². The van der Waals surface area contributed by atoms with Crippen molar-refractivity contribution < 1.29 is 10.3 Å². The van der Waals surface area contributed by atoms with Crippen molar-refractivity contribution in [2.75, 3.05) is 6.61 Å². The van der Waals surface area contributed by atoms with Crippen LogP contribution in [0.1, 0.15) is 26.2 Å². The van der Waals surface area contributed by atoms with Gasteiger partial charge in [0.15, 0.2) is 5.84 Å². The number of amidine groups is 1. The molecule has 0 heterocycles. The third-order valence-corrected chi connectivity index (χ3v) is 2.92. The molecular formula is C9H19N3O2. The van der Waals surface area contributed by atoms with Gasteiger partial charge in [0.2, 0.25) is 0 Å². The topological polar surface area (TPSA) is 90.9 Å². The van der Waals surface area contributed by atoms with Crippen molar-refractivity contribution in [2.45, 2.75) is 38.3 Å². The van der Waals surface area contributed by atoms with Gasteiger partial charge in [0.05, 0.1) is 6.04 Å². The second kappa shape index (κ2) is 5.17. The Kier molecular flexibility index (Phi) is 4.16. The molecule has 3 unspecified atom stereocenters. The summed E-state index contributed by atoms with van der Waals surface area (Å²) < 4.78 is 0. The van der Waals surface area contributed by atoms with Crippen LogP contribution in [0, 0.1) is 5.92 Å². The number of nitrogens with two attached hydrogens (primary N) is 1. The van der Waals surface area contributed by atoms with Crippen LogP contribution in [-0.2, 0) is 0 Å². The minimum Gasteiger partial charge on any atom is -0.409 e. The average Bonchev–Trinajstić information content (AvgIpc) is 2.63. The van der Waals surface area contributed by atoms with E-state index in [4.69, 9.17) is 16.0 Å². The summed E-state index contributed by atoms with van der Waals surface area (Å²) in [5.74, 6) is 0.498. The van der Waals surface area contributed by atoms with Crippen molar-refractivity contribution in [1.29, 1.82) is 0 Å². The van der Waals surface area contributed by atoms with Crippen LogP contribution in [0.5, 0.6) is 0 Å². The molecule has 0 radical (unpaired) electrons. The first-order valence-corrected chi connectivity index (χ1v) is 5.03. The molecule has 0 amide bonds. The first-order valence-electron chi connectivity index (χ1n) is 5.03. The van der Waals surface area contributed by atoms with Crippen molar-refractivity contribution in [3.05, 3.63) is 0 Å². The largest absolute Gasteiger partial charge is 0.409 e. The molecule has 5 heteroatoms. The highest BCUT2D eigenvalue weighted by Crippen LogP contribution is 2.25. The summed E-state index contributed by atoms with van der Waals surface area (Å²) in [4.78, 5) is 0. The van der Waals surface area contributed by atoms with E-state index in [0.29, 0.717) is 5.92 Å². The fourth-order valence-electron chi connectivity index (χ4n) is 1.97. The molecule has 0 aromatic heterocycles. The van der Waals surface area contributed by atoms with Crippen molar-refractivity contribution in [1.82, 2.24) is 5.32 Å². The second-order valence-electron chi connectivity index (χ2n) is 3.89. The van der Waals surface area contributed by atoms with Gasteiger partial charge in [0, 0.05) is 12.6 Å². The minimum atomic E-state index is -0.142. The number of aliphatic hydroxyl groups is 1. The summed E-state index contributed by atoms with van der Waals surface area (Å²) in [7, 11) is 0. The summed E-state index contributed by atoms with van der Waals surface area (Å²) in [5, 5.41) is 23.8. The SMILES string of the molecule is CC(NC1CCCC1CO)C(N)=NO. The number of hydrogen-bond acceptors (Lipinski definition) is 4. The molecule has 0 spiro atoms. The summed E-state index contributed by atoms with van der Waals surface area (Å²) in [6, 6.07) is 0.146. The van der Waals surface area contributed by atoms with Gasteiger partial charge in [-0.15, -0.1) is 0 Å². The van der Waals surface area contributed by atoms with Gasteiger partial charge in [-0.1, -0.05) is 11.6 Å². The Balaban J connectivity index is 2.43. The number of hydrogen-bond donors (Lipinski definition) is 4. The fourth-order valence-corrected chi connectivity index (χ4v) is 1.97. The molecule has 0 aromatic rings. The molecule has 3 atom stereocenters. The van der Waals surface area contributed by atoms with E-state index in [1.807, 2.05) is 6.92 Å². The third kappa shape index (κ3) is 2.59. The maximum absolute atomic E-state index is 9.09. The number of rotatable bonds is 4. The van der Waals surface area contributed by atoms with Crippen LogP contribution in [0.4, 0.5) is 0 Å². The maximum Gasteiger partial charge on any atom is 0.156 e. The molecule has 0 bridgehead atoms. The van der Waals surface area contributed by atoms with Crippen LogP contribution in [0.2, 0.25) is 0 Å². The number of nitrogens with one attached hydrogen (secondary N) is 1. The molecule has 1 rings (SSSR count). The van der Waals surface area contributed by atoms with Gasteiger partial charge in [-0.25, -0.2) is 0 Å². The van der Waals surface area contributed by atoms with E-state index in [9.17, 15) is 0 Å². The lowest BCUT2D eigenvalue weighted by Gasteiger charge is -2.22. The summed E-state index contributed by atoms with van der Waals surface area (Å²) >= 11 is 0. The Morgan fingerprint density at radius 1 is 1.64 bits per heavy atom. The van der Waals surface area contributed by atoms with Crippen molar-refractivity contribution in [3.8, 4) is 0 Å². The zero-order valence-electron chi connectivity index (χ0n) is 8.48. The fraction of sp³-hybridized carbons (Fsp3) is 0.889. The van der Waals surface area contributed by atoms with E-state index < -0.39 is 0 Å². The standard InChI is InChI=1S/C9H19N3O2/c1-6(9(10)12-14)11-8-4-2-3-7(8)5-13/h6-8,11,13-14H,2-5H2,1H3,(H2,10,12). The predicted octanol–water partition coefficient (Wildman–Crippen LogP) is -0.128. The molecule has 1 fully saturated rings. The van der Waals surface area contributed by atoms with Gasteiger partial charge in [-0.3, -0.25) is 0 Å². The predicted molar refractivity (Wildman–Crippen MR) is 54.2 cm³/mol. The third-order valence-electron chi connectivity index (χ3n) is 2.92. The lowest BCUT2D eigenvalue weighted by molar-refractivity contribution is 0.204. The Hall–Kier alpha value is -0.810. The molecule has 82 valence electrons. The van der Waals surface area contributed by atoms with Gasteiger partial charge >= 0.3 is 0 Å². The Bertz CT molecular complexity index is 208. The monoisotopic (exact) mass is 201 g/mol. The number of nitrogens with zero attached hydrogens (tertiary/aromatic N) is 1. The molecule has 1 aliphatic rings. The summed E-state index contributed by atoms with van der Waals surface area (Å²) in [6.07, 6.45) is 3.23. The van der Waals surface area contributed by atoms with E-state index in [-0.39, 0.29) is 24.5 Å². The second-order valence-corrected chi connectivity index (χ2v) is 3.89. The molecule has 0 aromatic carbocycles. The summed E-state index contributed by atoms with van der Waals surface area (Å²) in [6.45, 7) is 2.06. The normalized spacial score (nSPS) is 30.6. The Morgan fingerprint density at radius 3 is 2.93 bits per heavy atom. The molecule has 5 N–H and O–H groups in total. The van der Waals surface area contributed by atoms with Gasteiger partial charge in [-0.2, -0.15) is 0 Å². The van der Waals surface area contributed by atoms with Crippen LogP contribution < -0.4 is 11.1 Å². The molecule has 14 heavy (non-hydrogen) atoms. The molecule has 5 nitrogen and oxygen atoms in total. The van der Waals surface area contributed by atoms with E-state index in [1.54, 1.807) is 0 Å². The smallest absolute Gasteiger partial charge is 0.156 e. The molecule has 0 aliphatic heterocycles. The average molecular weight is 201 g/mol. The molecule has 1 aliphatic carbocycles. The number of aliphatic hydroxyl groups excluding tert-OH is 1. The van der Waals surface area contributed by atoms with Gasteiger partial charge in [0.25, 0.3) is 0 Å². The zero-order chi connectivity index (χ0) is 10.6. The van der Waals surface area contributed by atoms with E-state index >= 15 is 0 Å². The highest BCUT2D eigenvalue weighted by Gasteiger charge is 2.28. The van der Waals surface area contributed by atoms with E-state index in [2.05, 4.69) is 10.5 Å². The van der Waals surface area contributed by atoms with Crippen LogP contribution in [0.15, 0.2) is 5.16 Å². The van der Waals surface area contributed by atoms with Crippen molar-refractivity contribution in [3.63, 3.8) is 0 Å². The van der Waals surface area contributed by atoms with Crippen LogP contribution >= 0.6 is 0 Å². The van der Waals surface area contributed by atoms with E-state index in [0.717, 1.165) is 19.3 Å². The minimum absolute atomic E-state index is 0.142. The highest BCUT2D eigenvalue weighted by molar-refractivity contribution is 5.84. The molecular weight excluding hydrogens is 182 g/mol. The van der Waals surface area contributed by atoms with Crippen LogP contribution in [-0.4, -0.2) is 34.8 Å². The zero-order valence-corrected chi connectivity index (χ0v) is 8.48. The number of oxime groups is 1. The maximum atomic E-state index is 9.09. The van der Waals surface area contributed by atoms with Crippen molar-refractivity contribution in [2.24, 2.45) is 16.8 Å². The van der Waals surface area contributed by atoms with Crippen LogP contribution in [0.25, 0.3) is 0 Å². The lowest BCUT2D eigenvalue weighted by Crippen LogP contribution is -2.46. The van der Waals surface area contributed by atoms with Crippen molar-refractivity contribution >= 4 is 5.84 Å². The van der Waals surface area contributed by atoms with Crippen LogP contribution in [0.3, 0.4) is 0 Å².